The standard InChI is InChI=1S/C24H26.C2H7N.2C2H6/c1-2-20-14-9-15-23(16-20)19-24(17-21-10-5-3-6-11-21)18-22-12-7-4-8-13-22;1-3-2;2*1-2/h3-16,24H,2,17-19H2,1H3;3H,1-2H3;2*1-2H3. The van der Waals surface area contributed by atoms with Crippen LogP contribution >= 0.6 is 0 Å². The van der Waals surface area contributed by atoms with Crippen molar-refractivity contribution in [3.63, 3.8) is 0 Å². The van der Waals surface area contributed by atoms with Crippen LogP contribution in [0.1, 0.15) is 56.9 Å². The van der Waals surface area contributed by atoms with Gasteiger partial charge in [-0.05, 0) is 68.0 Å². The van der Waals surface area contributed by atoms with Crippen LogP contribution in [0, 0.1) is 5.92 Å². The first-order valence-electron chi connectivity index (χ1n) is 12.0. The predicted octanol–water partition coefficient (Wildman–Crippen LogP) is 7.78. The Kier molecular flexibility index (Phi) is 18.1. The Morgan fingerprint density at radius 3 is 1.32 bits per heavy atom. The average molecular weight is 420 g/mol. The molecule has 3 aromatic rings. The molecule has 3 rings (SSSR count). The van der Waals surface area contributed by atoms with Gasteiger partial charge in [-0.25, -0.2) is 0 Å². The van der Waals surface area contributed by atoms with Crippen LogP contribution in [-0.4, -0.2) is 14.1 Å². The minimum absolute atomic E-state index is 0.627. The van der Waals surface area contributed by atoms with Crippen molar-refractivity contribution in [2.24, 2.45) is 5.92 Å². The number of aryl methyl sites for hydroxylation is 1. The van der Waals surface area contributed by atoms with E-state index in [2.05, 4.69) is 97.2 Å². The molecule has 1 heteroatoms. The lowest BCUT2D eigenvalue weighted by Crippen LogP contribution is -2.12. The molecule has 0 unspecified atom stereocenters. The molecular weight excluding hydrogens is 374 g/mol. The lowest BCUT2D eigenvalue weighted by molar-refractivity contribution is 0.518. The quantitative estimate of drug-likeness (QED) is 0.412. The van der Waals surface area contributed by atoms with Crippen molar-refractivity contribution < 1.29 is 0 Å². The van der Waals surface area contributed by atoms with Crippen LogP contribution in [-0.2, 0) is 25.7 Å². The number of benzene rings is 3. The van der Waals surface area contributed by atoms with E-state index in [1.807, 2.05) is 41.8 Å². The maximum Gasteiger partial charge on any atom is -0.0167 e. The highest BCUT2D eigenvalue weighted by molar-refractivity contribution is 5.25. The van der Waals surface area contributed by atoms with Gasteiger partial charge in [0.15, 0.2) is 0 Å². The third kappa shape index (κ3) is 12.8. The molecular formula is C30H45N. The van der Waals surface area contributed by atoms with Crippen molar-refractivity contribution in [2.45, 2.75) is 60.3 Å². The molecule has 1 nitrogen and oxygen atoms in total. The van der Waals surface area contributed by atoms with Gasteiger partial charge >= 0.3 is 0 Å². The average Bonchev–Trinajstić information content (AvgIpc) is 2.83. The molecule has 0 saturated carbocycles. The first-order valence-corrected chi connectivity index (χ1v) is 12.0. The minimum atomic E-state index is 0.627. The van der Waals surface area contributed by atoms with Crippen molar-refractivity contribution in [3.05, 3.63) is 107 Å². The molecule has 31 heavy (non-hydrogen) atoms. The summed E-state index contributed by atoms with van der Waals surface area (Å²) in [6, 6.07) is 30.9. The van der Waals surface area contributed by atoms with Crippen LogP contribution in [0.3, 0.4) is 0 Å². The summed E-state index contributed by atoms with van der Waals surface area (Å²) in [6.45, 7) is 10.2. The molecule has 3 aromatic carbocycles. The lowest BCUT2D eigenvalue weighted by Gasteiger charge is -2.18. The Labute approximate surface area is 192 Å². The van der Waals surface area contributed by atoms with Crippen molar-refractivity contribution in [1.82, 2.24) is 5.32 Å². The normalized spacial score (nSPS) is 9.42. The number of hydrogen-bond acceptors (Lipinski definition) is 1. The molecule has 0 spiro atoms. The van der Waals surface area contributed by atoms with Gasteiger partial charge in [0.25, 0.3) is 0 Å². The van der Waals surface area contributed by atoms with Gasteiger partial charge in [-0.15, -0.1) is 0 Å². The van der Waals surface area contributed by atoms with Crippen LogP contribution in [0.2, 0.25) is 0 Å². The topological polar surface area (TPSA) is 12.0 Å². The van der Waals surface area contributed by atoms with E-state index in [-0.39, 0.29) is 0 Å². The fourth-order valence-corrected chi connectivity index (χ4v) is 3.42. The summed E-state index contributed by atoms with van der Waals surface area (Å²) in [6.07, 6.45) is 4.51. The number of nitrogens with one attached hydrogen (secondary N) is 1. The second-order valence-corrected chi connectivity index (χ2v) is 7.12. The second-order valence-electron chi connectivity index (χ2n) is 7.12. The van der Waals surface area contributed by atoms with Crippen LogP contribution in [0.15, 0.2) is 84.9 Å². The van der Waals surface area contributed by atoms with Crippen LogP contribution < -0.4 is 5.32 Å². The largest absolute Gasteiger partial charge is 0.323 e. The monoisotopic (exact) mass is 419 g/mol. The Morgan fingerprint density at radius 1 is 0.548 bits per heavy atom. The first-order chi connectivity index (χ1) is 15.2. The Hall–Kier alpha value is -2.38. The van der Waals surface area contributed by atoms with Gasteiger partial charge in [-0.3, -0.25) is 0 Å². The maximum absolute atomic E-state index is 2.75. The van der Waals surface area contributed by atoms with Crippen molar-refractivity contribution >= 4 is 0 Å². The minimum Gasteiger partial charge on any atom is -0.323 e. The molecule has 0 heterocycles. The van der Waals surface area contributed by atoms with Crippen LogP contribution in [0.5, 0.6) is 0 Å². The maximum atomic E-state index is 2.75. The number of hydrogen-bond donors (Lipinski definition) is 1. The zero-order valence-corrected chi connectivity index (χ0v) is 21.0. The van der Waals surface area contributed by atoms with E-state index >= 15 is 0 Å². The highest BCUT2D eigenvalue weighted by Gasteiger charge is 2.12. The number of rotatable bonds is 7. The van der Waals surface area contributed by atoms with Crippen LogP contribution in [0.4, 0.5) is 0 Å². The predicted molar refractivity (Wildman–Crippen MR) is 141 cm³/mol. The van der Waals surface area contributed by atoms with Crippen molar-refractivity contribution in [2.75, 3.05) is 14.1 Å². The molecule has 0 fully saturated rings. The molecule has 0 saturated heterocycles. The highest BCUT2D eigenvalue weighted by Crippen LogP contribution is 2.20. The molecule has 170 valence electrons. The summed E-state index contributed by atoms with van der Waals surface area (Å²) in [4.78, 5) is 0. The van der Waals surface area contributed by atoms with E-state index in [9.17, 15) is 0 Å². The van der Waals surface area contributed by atoms with Gasteiger partial charge in [0, 0.05) is 0 Å². The van der Waals surface area contributed by atoms with E-state index < -0.39 is 0 Å². The first kappa shape index (κ1) is 28.6. The molecule has 0 radical (unpaired) electrons. The summed E-state index contributed by atoms with van der Waals surface area (Å²) in [5.74, 6) is 0.627. The van der Waals surface area contributed by atoms with Crippen LogP contribution in [0.25, 0.3) is 0 Å². The van der Waals surface area contributed by atoms with Gasteiger partial charge < -0.3 is 5.32 Å². The van der Waals surface area contributed by atoms with E-state index in [0.29, 0.717) is 5.92 Å². The Bertz CT molecular complexity index is 708. The summed E-state index contributed by atoms with van der Waals surface area (Å²) in [5.41, 5.74) is 5.77. The zero-order valence-electron chi connectivity index (χ0n) is 21.0. The van der Waals surface area contributed by atoms with Gasteiger partial charge in [0.1, 0.15) is 0 Å². The molecule has 0 amide bonds. The van der Waals surface area contributed by atoms with E-state index in [1.54, 1.807) is 0 Å². The van der Waals surface area contributed by atoms with Gasteiger partial charge in [-0.1, -0.05) is 120 Å². The van der Waals surface area contributed by atoms with Gasteiger partial charge in [0.2, 0.25) is 0 Å². The zero-order chi connectivity index (χ0) is 23.3. The summed E-state index contributed by atoms with van der Waals surface area (Å²) >= 11 is 0. The van der Waals surface area contributed by atoms with Gasteiger partial charge in [0.05, 0.1) is 0 Å². The fourth-order valence-electron chi connectivity index (χ4n) is 3.42. The van der Waals surface area contributed by atoms with Crippen molar-refractivity contribution in [3.8, 4) is 0 Å². The molecule has 0 aliphatic carbocycles. The molecule has 0 bridgehead atoms. The third-order valence-corrected chi connectivity index (χ3v) is 4.66. The smallest absolute Gasteiger partial charge is 0.0167 e. The molecule has 1 N–H and O–H groups in total. The van der Waals surface area contributed by atoms with E-state index in [4.69, 9.17) is 0 Å². The summed E-state index contributed by atoms with van der Waals surface area (Å²) in [5, 5.41) is 2.75. The highest BCUT2D eigenvalue weighted by atomic mass is 14.7. The van der Waals surface area contributed by atoms with Gasteiger partial charge in [-0.2, -0.15) is 0 Å². The summed E-state index contributed by atoms with van der Waals surface area (Å²) in [7, 11) is 3.75. The SMILES string of the molecule is CC.CC.CCc1cccc(CC(Cc2ccccc2)Cc2ccccc2)c1.CNC. The van der Waals surface area contributed by atoms with E-state index in [1.165, 1.54) is 22.3 Å². The van der Waals surface area contributed by atoms with E-state index in [0.717, 1.165) is 25.7 Å². The fraction of sp³-hybridized carbons (Fsp3) is 0.400. The molecule has 0 atom stereocenters. The molecule has 0 aliphatic heterocycles. The summed E-state index contributed by atoms with van der Waals surface area (Å²) < 4.78 is 0. The Morgan fingerprint density at radius 2 is 0.903 bits per heavy atom. The Balaban J connectivity index is 0.00000116. The van der Waals surface area contributed by atoms with Crippen molar-refractivity contribution in [1.29, 1.82) is 0 Å². The third-order valence-electron chi connectivity index (χ3n) is 4.66. The molecule has 0 aromatic heterocycles. The molecule has 0 aliphatic rings. The second kappa shape index (κ2) is 19.6. The lowest BCUT2D eigenvalue weighted by atomic mass is 9.87.